The molecular formula is C23H24N8O. The third kappa shape index (κ3) is 4.87. The minimum absolute atomic E-state index is 0.0918. The number of nitriles is 1. The predicted molar refractivity (Wildman–Crippen MR) is 122 cm³/mol. The Hall–Kier alpha value is -4.32. The van der Waals surface area contributed by atoms with E-state index in [-0.39, 0.29) is 12.1 Å². The lowest BCUT2D eigenvalue weighted by molar-refractivity contribution is 0.0926. The Morgan fingerprint density at radius 2 is 2.00 bits per heavy atom. The van der Waals surface area contributed by atoms with Gasteiger partial charge in [-0.05, 0) is 17.7 Å². The van der Waals surface area contributed by atoms with Gasteiger partial charge in [0.05, 0.1) is 17.6 Å². The molecule has 0 saturated heterocycles. The van der Waals surface area contributed by atoms with Crippen molar-refractivity contribution in [3.8, 4) is 6.19 Å². The SMILES string of the molecule is N#CNC(=NCCc1cnc[nH]1)NCCN1c2ccccc2C(=O)NC1c1ccccc1. The molecule has 0 bridgehead atoms. The molecule has 2 heterocycles. The highest BCUT2D eigenvalue weighted by atomic mass is 16.2. The van der Waals surface area contributed by atoms with Crippen molar-refractivity contribution in [2.45, 2.75) is 12.6 Å². The molecule has 2 aromatic carbocycles. The summed E-state index contributed by atoms with van der Waals surface area (Å²) in [6.07, 6.45) is 5.71. The third-order valence-electron chi connectivity index (χ3n) is 5.18. The van der Waals surface area contributed by atoms with Gasteiger partial charge in [0.25, 0.3) is 5.91 Å². The lowest BCUT2D eigenvalue weighted by Gasteiger charge is -2.39. The maximum Gasteiger partial charge on any atom is 0.255 e. The molecule has 4 N–H and O–H groups in total. The fourth-order valence-corrected chi connectivity index (χ4v) is 3.68. The van der Waals surface area contributed by atoms with Crippen LogP contribution in [0.4, 0.5) is 5.69 Å². The molecule has 0 saturated carbocycles. The summed E-state index contributed by atoms with van der Waals surface area (Å²) in [7, 11) is 0. The number of nitrogens with zero attached hydrogens (tertiary/aromatic N) is 4. The molecule has 9 heteroatoms. The number of hydrogen-bond donors (Lipinski definition) is 4. The molecule has 1 unspecified atom stereocenters. The zero-order valence-electron chi connectivity index (χ0n) is 17.5. The quantitative estimate of drug-likeness (QED) is 0.197. The molecule has 0 aliphatic carbocycles. The second kappa shape index (κ2) is 10.1. The standard InChI is InChI=1S/C23H24N8O/c24-15-28-23(26-11-10-18-14-25-16-29-18)27-12-13-31-20-9-5-4-8-19(20)22(32)30-21(31)17-6-2-1-3-7-17/h1-9,14,16,21H,10-13H2,(H,25,29)(H,30,32)(H2,26,27,28). The number of imidazole rings is 1. The van der Waals surface area contributed by atoms with Crippen LogP contribution in [0.1, 0.15) is 27.8 Å². The number of carbonyl (C=O) groups excluding carboxylic acids is 1. The minimum Gasteiger partial charge on any atom is -0.354 e. The van der Waals surface area contributed by atoms with Crippen LogP contribution in [0.5, 0.6) is 0 Å². The van der Waals surface area contributed by atoms with E-state index in [1.165, 1.54) is 0 Å². The van der Waals surface area contributed by atoms with Gasteiger partial charge in [-0.25, -0.2) is 4.98 Å². The van der Waals surface area contributed by atoms with Gasteiger partial charge < -0.3 is 20.5 Å². The van der Waals surface area contributed by atoms with E-state index < -0.39 is 0 Å². The summed E-state index contributed by atoms with van der Waals surface area (Å²) in [5.74, 6) is 0.323. The lowest BCUT2D eigenvalue weighted by Crippen LogP contribution is -2.49. The number of H-pyrrole nitrogens is 1. The number of nitrogens with one attached hydrogen (secondary N) is 4. The van der Waals surface area contributed by atoms with Gasteiger partial charge in [-0.3, -0.25) is 15.1 Å². The molecule has 1 aromatic heterocycles. The van der Waals surface area contributed by atoms with Gasteiger partial charge in [0.15, 0.2) is 6.19 Å². The molecule has 1 aliphatic rings. The van der Waals surface area contributed by atoms with Crippen LogP contribution in [-0.2, 0) is 6.42 Å². The van der Waals surface area contributed by atoms with E-state index in [0.717, 1.165) is 16.9 Å². The number of para-hydroxylation sites is 1. The van der Waals surface area contributed by atoms with Crippen LogP contribution in [0, 0.1) is 11.5 Å². The Bertz CT molecular complexity index is 1100. The second-order valence-corrected chi connectivity index (χ2v) is 7.22. The molecule has 0 fully saturated rings. The van der Waals surface area contributed by atoms with E-state index in [9.17, 15) is 4.79 Å². The predicted octanol–water partition coefficient (Wildman–Crippen LogP) is 1.92. The fraction of sp³-hybridized carbons (Fsp3) is 0.217. The van der Waals surface area contributed by atoms with Crippen molar-refractivity contribution >= 4 is 17.6 Å². The van der Waals surface area contributed by atoms with E-state index in [1.54, 1.807) is 12.5 Å². The van der Waals surface area contributed by atoms with Crippen LogP contribution in [0.2, 0.25) is 0 Å². The zero-order valence-corrected chi connectivity index (χ0v) is 17.5. The number of aliphatic imine (C=N–C) groups is 1. The van der Waals surface area contributed by atoms with Gasteiger partial charge in [0.1, 0.15) is 6.17 Å². The second-order valence-electron chi connectivity index (χ2n) is 7.22. The van der Waals surface area contributed by atoms with E-state index in [2.05, 4.69) is 35.8 Å². The highest BCUT2D eigenvalue weighted by Gasteiger charge is 2.31. The molecule has 1 aliphatic heterocycles. The van der Waals surface area contributed by atoms with Crippen molar-refractivity contribution in [1.29, 1.82) is 5.26 Å². The number of guanidine groups is 1. The summed E-state index contributed by atoms with van der Waals surface area (Å²) in [4.78, 5) is 26.3. The first-order chi connectivity index (χ1) is 15.8. The number of hydrogen-bond acceptors (Lipinski definition) is 5. The first-order valence-corrected chi connectivity index (χ1v) is 10.4. The van der Waals surface area contributed by atoms with Crippen LogP contribution in [-0.4, -0.2) is 41.5 Å². The van der Waals surface area contributed by atoms with Crippen molar-refractivity contribution in [1.82, 2.24) is 25.9 Å². The molecule has 1 amide bonds. The van der Waals surface area contributed by atoms with Crippen LogP contribution in [0.15, 0.2) is 72.1 Å². The van der Waals surface area contributed by atoms with E-state index >= 15 is 0 Å². The number of amides is 1. The van der Waals surface area contributed by atoms with Crippen molar-refractivity contribution in [2.75, 3.05) is 24.5 Å². The maximum absolute atomic E-state index is 12.7. The Balaban J connectivity index is 1.46. The average molecular weight is 429 g/mol. The number of rotatable bonds is 7. The Morgan fingerprint density at radius 1 is 1.19 bits per heavy atom. The maximum atomic E-state index is 12.7. The normalized spacial score (nSPS) is 15.5. The van der Waals surface area contributed by atoms with E-state index in [1.807, 2.05) is 60.8 Å². The Kier molecular flexibility index (Phi) is 6.63. The summed E-state index contributed by atoms with van der Waals surface area (Å²) in [5.41, 5.74) is 3.50. The number of benzene rings is 2. The molecule has 162 valence electrons. The average Bonchev–Trinajstić information content (AvgIpc) is 3.34. The Labute approximate surface area is 186 Å². The van der Waals surface area contributed by atoms with Crippen molar-refractivity contribution < 1.29 is 4.79 Å². The number of aromatic nitrogens is 2. The molecule has 9 nitrogen and oxygen atoms in total. The summed E-state index contributed by atoms with van der Waals surface area (Å²) in [5, 5.41) is 18.0. The zero-order chi connectivity index (χ0) is 22.2. The highest BCUT2D eigenvalue weighted by Crippen LogP contribution is 2.32. The third-order valence-corrected chi connectivity index (χ3v) is 5.18. The lowest BCUT2D eigenvalue weighted by atomic mass is 10.0. The summed E-state index contributed by atoms with van der Waals surface area (Å²) in [6, 6.07) is 17.4. The van der Waals surface area contributed by atoms with Gasteiger partial charge >= 0.3 is 0 Å². The number of aromatic amines is 1. The number of anilines is 1. The molecule has 3 aromatic rings. The van der Waals surface area contributed by atoms with Crippen LogP contribution in [0.25, 0.3) is 0 Å². The van der Waals surface area contributed by atoms with E-state index in [4.69, 9.17) is 5.26 Å². The van der Waals surface area contributed by atoms with Gasteiger partial charge in [-0.1, -0.05) is 42.5 Å². The Morgan fingerprint density at radius 3 is 2.78 bits per heavy atom. The number of carbonyl (C=O) groups is 1. The largest absolute Gasteiger partial charge is 0.354 e. The van der Waals surface area contributed by atoms with Crippen molar-refractivity contribution in [3.05, 3.63) is 83.9 Å². The van der Waals surface area contributed by atoms with Gasteiger partial charge in [0, 0.05) is 37.9 Å². The molecular weight excluding hydrogens is 404 g/mol. The topological polar surface area (TPSA) is 121 Å². The van der Waals surface area contributed by atoms with Gasteiger partial charge in [-0.15, -0.1) is 0 Å². The van der Waals surface area contributed by atoms with Crippen LogP contribution < -0.4 is 20.9 Å². The number of fused-ring (bicyclic) bond motifs is 1. The molecule has 1 atom stereocenters. The van der Waals surface area contributed by atoms with Crippen molar-refractivity contribution in [3.63, 3.8) is 0 Å². The molecule has 0 spiro atoms. The monoisotopic (exact) mass is 428 g/mol. The molecule has 32 heavy (non-hydrogen) atoms. The van der Waals surface area contributed by atoms with Gasteiger partial charge in [0.2, 0.25) is 5.96 Å². The van der Waals surface area contributed by atoms with E-state index in [0.29, 0.717) is 37.6 Å². The molecule has 0 radical (unpaired) electrons. The summed E-state index contributed by atoms with van der Waals surface area (Å²) >= 11 is 0. The summed E-state index contributed by atoms with van der Waals surface area (Å²) < 4.78 is 0. The smallest absolute Gasteiger partial charge is 0.255 e. The van der Waals surface area contributed by atoms with Crippen LogP contribution >= 0.6 is 0 Å². The fourth-order valence-electron chi connectivity index (χ4n) is 3.68. The first-order valence-electron chi connectivity index (χ1n) is 10.4. The highest BCUT2D eigenvalue weighted by molar-refractivity contribution is 6.02. The first kappa shape index (κ1) is 20.9. The summed E-state index contributed by atoms with van der Waals surface area (Å²) in [6.45, 7) is 1.61. The van der Waals surface area contributed by atoms with Gasteiger partial charge in [-0.2, -0.15) is 5.26 Å². The molecule has 4 rings (SSSR count). The van der Waals surface area contributed by atoms with Crippen LogP contribution in [0.3, 0.4) is 0 Å². The van der Waals surface area contributed by atoms with Crippen molar-refractivity contribution in [2.24, 2.45) is 4.99 Å². The minimum atomic E-state index is -0.287.